The molecule has 0 aliphatic carbocycles. The van der Waals surface area contributed by atoms with Crippen LogP contribution in [0.2, 0.25) is 0 Å². The Kier molecular flexibility index (Phi) is 4.59. The van der Waals surface area contributed by atoms with Crippen LogP contribution < -0.4 is 0 Å². The molecule has 0 saturated heterocycles. The third-order valence-electron chi connectivity index (χ3n) is 1.62. The second-order valence-electron chi connectivity index (χ2n) is 2.57. The van der Waals surface area contributed by atoms with E-state index in [1.54, 1.807) is 0 Å². The van der Waals surface area contributed by atoms with Crippen LogP contribution in [0.4, 0.5) is 0 Å². The highest BCUT2D eigenvalue weighted by atomic mass is 79.9. The molecule has 68 valence electrons. The summed E-state index contributed by atoms with van der Waals surface area (Å²) >= 11 is 3.40. The smallest absolute Gasteiger partial charge is 0.0540 e. The molecule has 0 aromatic heterocycles. The van der Waals surface area contributed by atoms with E-state index in [1.807, 2.05) is 24.3 Å². The van der Waals surface area contributed by atoms with E-state index in [1.165, 1.54) is 5.56 Å². The van der Waals surface area contributed by atoms with Gasteiger partial charge in [0.15, 0.2) is 0 Å². The minimum absolute atomic E-state index is 0.128. The van der Waals surface area contributed by atoms with Crippen LogP contribution in [-0.4, -0.2) is 11.7 Å². The lowest BCUT2D eigenvalue weighted by Crippen LogP contribution is -1.84. The summed E-state index contributed by atoms with van der Waals surface area (Å²) in [6, 6.07) is 7.99. The molecule has 13 heavy (non-hydrogen) atoms. The maximum atomic E-state index is 8.56. The molecule has 1 nitrogen and oxygen atoms in total. The van der Waals surface area contributed by atoms with E-state index >= 15 is 0 Å². The maximum absolute atomic E-state index is 8.56. The van der Waals surface area contributed by atoms with Crippen molar-refractivity contribution in [3.05, 3.63) is 35.4 Å². The summed E-state index contributed by atoms with van der Waals surface area (Å²) in [5.41, 5.74) is 2.22. The minimum Gasteiger partial charge on any atom is -0.395 e. The molecule has 0 heterocycles. The number of aliphatic hydroxyl groups is 1. The van der Waals surface area contributed by atoms with Crippen LogP contribution in [0.3, 0.4) is 0 Å². The fraction of sp³-hybridized carbons (Fsp3) is 0.273. The van der Waals surface area contributed by atoms with Crippen LogP contribution in [0.5, 0.6) is 0 Å². The van der Waals surface area contributed by atoms with Gasteiger partial charge in [-0.3, -0.25) is 0 Å². The Morgan fingerprint density at radius 1 is 1.31 bits per heavy atom. The Balaban J connectivity index is 2.82. The third-order valence-corrected chi connectivity index (χ3v) is 2.23. The number of alkyl halides is 1. The van der Waals surface area contributed by atoms with Crippen LogP contribution in [0.25, 0.3) is 0 Å². The van der Waals surface area contributed by atoms with Gasteiger partial charge in [-0.25, -0.2) is 0 Å². The average molecular weight is 239 g/mol. The van der Waals surface area contributed by atoms with Crippen molar-refractivity contribution in [3.63, 3.8) is 0 Å². The van der Waals surface area contributed by atoms with Crippen molar-refractivity contribution in [2.75, 3.05) is 6.61 Å². The monoisotopic (exact) mass is 238 g/mol. The van der Waals surface area contributed by atoms with Crippen LogP contribution in [0, 0.1) is 11.8 Å². The molecule has 0 unspecified atom stereocenters. The summed E-state index contributed by atoms with van der Waals surface area (Å²) < 4.78 is 0. The van der Waals surface area contributed by atoms with Gasteiger partial charge in [0.25, 0.3) is 0 Å². The lowest BCUT2D eigenvalue weighted by molar-refractivity contribution is 0.305. The molecule has 1 aromatic carbocycles. The van der Waals surface area contributed by atoms with Crippen LogP contribution in [-0.2, 0) is 5.33 Å². The van der Waals surface area contributed by atoms with Crippen molar-refractivity contribution < 1.29 is 5.11 Å². The number of hydrogen-bond donors (Lipinski definition) is 1. The number of halogens is 1. The number of hydrogen-bond acceptors (Lipinski definition) is 1. The SMILES string of the molecule is OCCC#Cc1ccccc1CBr. The zero-order valence-electron chi connectivity index (χ0n) is 7.26. The molecule has 0 atom stereocenters. The van der Waals surface area contributed by atoms with Gasteiger partial charge >= 0.3 is 0 Å². The molecule has 0 saturated carbocycles. The van der Waals surface area contributed by atoms with Crippen molar-refractivity contribution in [3.8, 4) is 11.8 Å². The lowest BCUT2D eigenvalue weighted by Gasteiger charge is -1.97. The fourth-order valence-electron chi connectivity index (χ4n) is 0.972. The summed E-state index contributed by atoms with van der Waals surface area (Å²) in [5.74, 6) is 5.93. The third kappa shape index (κ3) is 3.22. The molecule has 0 radical (unpaired) electrons. The standard InChI is InChI=1S/C11H11BrO/c12-9-11-7-2-1-5-10(11)6-3-4-8-13/h1-2,5,7,13H,4,8-9H2. The molecule has 2 heteroatoms. The Morgan fingerprint density at radius 2 is 2.08 bits per heavy atom. The lowest BCUT2D eigenvalue weighted by atomic mass is 10.1. The first-order valence-electron chi connectivity index (χ1n) is 4.12. The van der Waals surface area contributed by atoms with Crippen LogP contribution >= 0.6 is 15.9 Å². The topological polar surface area (TPSA) is 20.2 Å². The minimum atomic E-state index is 0.128. The first-order chi connectivity index (χ1) is 6.38. The predicted molar refractivity (Wildman–Crippen MR) is 57.7 cm³/mol. The molecular formula is C11H11BrO. The van der Waals surface area contributed by atoms with Crippen molar-refractivity contribution in [1.82, 2.24) is 0 Å². The van der Waals surface area contributed by atoms with Gasteiger partial charge < -0.3 is 5.11 Å². The highest BCUT2D eigenvalue weighted by Crippen LogP contribution is 2.10. The zero-order chi connectivity index (χ0) is 9.52. The second-order valence-corrected chi connectivity index (χ2v) is 3.13. The quantitative estimate of drug-likeness (QED) is 0.620. The Morgan fingerprint density at radius 3 is 2.77 bits per heavy atom. The first-order valence-corrected chi connectivity index (χ1v) is 5.24. The number of benzene rings is 1. The fourth-order valence-corrected chi connectivity index (χ4v) is 1.46. The summed E-state index contributed by atoms with van der Waals surface area (Å²) in [7, 11) is 0. The molecular weight excluding hydrogens is 228 g/mol. The van der Waals surface area contributed by atoms with Gasteiger partial charge in [-0.1, -0.05) is 46.0 Å². The van der Waals surface area contributed by atoms with Gasteiger partial charge in [0, 0.05) is 17.3 Å². The molecule has 0 fully saturated rings. The van der Waals surface area contributed by atoms with E-state index in [4.69, 9.17) is 5.11 Å². The molecule has 0 aliphatic heterocycles. The Hall–Kier alpha value is -0.780. The molecule has 0 aliphatic rings. The summed E-state index contributed by atoms with van der Waals surface area (Å²) in [5, 5.41) is 9.38. The zero-order valence-corrected chi connectivity index (χ0v) is 8.84. The van der Waals surface area contributed by atoms with E-state index in [0.717, 1.165) is 10.9 Å². The van der Waals surface area contributed by atoms with Gasteiger partial charge in [-0.2, -0.15) is 0 Å². The molecule has 1 aromatic rings. The summed E-state index contributed by atoms with van der Waals surface area (Å²) in [6.07, 6.45) is 0.538. The first kappa shape index (κ1) is 10.3. The van der Waals surface area contributed by atoms with Gasteiger partial charge in [0.2, 0.25) is 0 Å². The van der Waals surface area contributed by atoms with Crippen molar-refractivity contribution >= 4 is 15.9 Å². The highest BCUT2D eigenvalue weighted by Gasteiger charge is 1.94. The number of aliphatic hydroxyl groups excluding tert-OH is 1. The Bertz CT molecular complexity index is 322. The van der Waals surface area contributed by atoms with E-state index in [9.17, 15) is 0 Å². The van der Waals surface area contributed by atoms with Gasteiger partial charge in [-0.05, 0) is 11.6 Å². The number of rotatable bonds is 2. The molecule has 0 bridgehead atoms. The van der Waals surface area contributed by atoms with Gasteiger partial charge in [0.05, 0.1) is 6.61 Å². The van der Waals surface area contributed by atoms with E-state index in [0.29, 0.717) is 6.42 Å². The Labute approximate surface area is 86.9 Å². The predicted octanol–water partition coefficient (Wildman–Crippen LogP) is 2.32. The van der Waals surface area contributed by atoms with Crippen molar-refractivity contribution in [2.45, 2.75) is 11.8 Å². The highest BCUT2D eigenvalue weighted by molar-refractivity contribution is 9.08. The molecule has 0 amide bonds. The normalized spacial score (nSPS) is 9.08. The largest absolute Gasteiger partial charge is 0.395 e. The molecule has 0 spiro atoms. The van der Waals surface area contributed by atoms with Crippen molar-refractivity contribution in [1.29, 1.82) is 0 Å². The van der Waals surface area contributed by atoms with Gasteiger partial charge in [-0.15, -0.1) is 0 Å². The van der Waals surface area contributed by atoms with E-state index in [-0.39, 0.29) is 6.61 Å². The van der Waals surface area contributed by atoms with Crippen LogP contribution in [0.1, 0.15) is 17.5 Å². The second kappa shape index (κ2) is 5.80. The summed E-state index contributed by atoms with van der Waals surface area (Å²) in [4.78, 5) is 0. The van der Waals surface area contributed by atoms with Crippen LogP contribution in [0.15, 0.2) is 24.3 Å². The van der Waals surface area contributed by atoms with E-state index in [2.05, 4.69) is 27.8 Å². The summed E-state index contributed by atoms with van der Waals surface area (Å²) in [6.45, 7) is 0.128. The molecule has 1 rings (SSSR count). The average Bonchev–Trinajstić information content (AvgIpc) is 2.19. The maximum Gasteiger partial charge on any atom is 0.0540 e. The van der Waals surface area contributed by atoms with E-state index < -0.39 is 0 Å². The molecule has 1 N–H and O–H groups in total. The van der Waals surface area contributed by atoms with Crippen molar-refractivity contribution in [2.24, 2.45) is 0 Å². The van der Waals surface area contributed by atoms with Gasteiger partial charge in [0.1, 0.15) is 0 Å².